The summed E-state index contributed by atoms with van der Waals surface area (Å²) >= 11 is -3.46. The van der Waals surface area contributed by atoms with Gasteiger partial charge in [0.05, 0.1) is 55.9 Å². The first-order valence-corrected chi connectivity index (χ1v) is 33.3. The minimum absolute atomic E-state index is 0.00395. The second-order valence-corrected chi connectivity index (χ2v) is 25.9. The van der Waals surface area contributed by atoms with E-state index in [4.69, 9.17) is 9.47 Å². The van der Waals surface area contributed by atoms with E-state index in [0.717, 1.165) is 73.1 Å². The summed E-state index contributed by atoms with van der Waals surface area (Å²) in [5, 5.41) is 123. The third-order valence-corrected chi connectivity index (χ3v) is 17.7. The minimum Gasteiger partial charge on any atom is -0.504 e. The number of phenolic OH excluding ortho intramolecular Hbond substituents is 1. The Kier molecular flexibility index (Phi) is 27.8. The summed E-state index contributed by atoms with van der Waals surface area (Å²) in [6, 6.07) is 4.88. The summed E-state index contributed by atoms with van der Waals surface area (Å²) in [5.41, 5.74) is 1.29. The third-order valence-electron chi connectivity index (χ3n) is 16.3. The molecule has 3 saturated heterocycles. The van der Waals surface area contributed by atoms with Crippen LogP contribution in [0.4, 0.5) is 0 Å². The van der Waals surface area contributed by atoms with Gasteiger partial charge < -0.3 is 101 Å². The van der Waals surface area contributed by atoms with Crippen LogP contribution in [0.1, 0.15) is 81.1 Å². The van der Waals surface area contributed by atoms with Crippen molar-refractivity contribution in [3.8, 4) is 38.4 Å². The van der Waals surface area contributed by atoms with Crippen LogP contribution in [0, 0.1) is 5.92 Å². The summed E-state index contributed by atoms with van der Waals surface area (Å²) in [6.45, 7) is 1.18. The number of amides is 7. The Labute approximate surface area is 552 Å². The predicted octanol–water partition coefficient (Wildman–Crippen LogP) is -1.65. The lowest BCUT2D eigenvalue weighted by Crippen LogP contribution is -2.64. The van der Waals surface area contributed by atoms with Gasteiger partial charge in [0.25, 0.3) is 17.1 Å². The average Bonchev–Trinajstić information content (AvgIpc) is 1.68. The van der Waals surface area contributed by atoms with Crippen molar-refractivity contribution >= 4 is 63.8 Å². The molecule has 3 aromatic carbocycles. The van der Waals surface area contributed by atoms with E-state index in [1.165, 1.54) is 36.5 Å². The topological polar surface area (TPSA) is 494 Å². The Morgan fingerprint density at radius 1 is 0.737 bits per heavy atom. The molecule has 0 spiro atoms. The summed E-state index contributed by atoms with van der Waals surface area (Å²) in [7, 11) is 1.69. The van der Waals surface area contributed by atoms with Crippen molar-refractivity contribution in [3.05, 3.63) is 77.9 Å². The predicted molar refractivity (Wildman–Crippen MR) is 341 cm³/mol. The molecule has 3 aliphatic heterocycles. The normalized spacial score (nSPS) is 25.0. The number of nitrogens with one attached hydrogen (secondary N) is 6. The molecule has 14 atom stereocenters. The van der Waals surface area contributed by atoms with Crippen LogP contribution in [0.3, 0.4) is 0 Å². The van der Waals surface area contributed by atoms with Crippen molar-refractivity contribution in [1.29, 1.82) is 0 Å². The zero-order valence-corrected chi connectivity index (χ0v) is 54.1. The smallest absolute Gasteiger partial charge is 0.266 e. The first-order valence-electron chi connectivity index (χ1n) is 31.0. The number of aliphatic hydroxyl groups is 8. The largest absolute Gasteiger partial charge is 0.504 e. The fourth-order valence-electron chi connectivity index (χ4n) is 11.1. The lowest BCUT2D eigenvalue weighted by atomic mass is 9.98. The van der Waals surface area contributed by atoms with Gasteiger partial charge in [-0.1, -0.05) is 55.7 Å². The number of benzene rings is 3. The van der Waals surface area contributed by atoms with Crippen molar-refractivity contribution in [2.75, 3.05) is 59.7 Å². The maximum absolute atomic E-state index is 14.9. The molecule has 524 valence electrons. The molecule has 18 N–H and O–H groups in total. The van der Waals surface area contributed by atoms with E-state index in [0.29, 0.717) is 27.9 Å². The van der Waals surface area contributed by atoms with Crippen LogP contribution in [0.5, 0.6) is 17.2 Å². The number of carbonyl (C=O) groups excluding carboxylic acids is 7. The Balaban J connectivity index is 1.17. The molecule has 34 heteroatoms. The van der Waals surface area contributed by atoms with E-state index in [2.05, 4.69) is 46.3 Å². The minimum atomic E-state index is -4.74. The number of hydrogen-bond acceptors (Lipinski definition) is 26. The van der Waals surface area contributed by atoms with E-state index >= 15 is 0 Å². The molecule has 0 bridgehead atoms. The molecular formula is C61H86N10O22S2. The highest BCUT2D eigenvalue weighted by Gasteiger charge is 2.50. The van der Waals surface area contributed by atoms with Crippen LogP contribution < -0.4 is 40.8 Å². The number of phenols is 1. The molecule has 7 amide bonds. The van der Waals surface area contributed by atoms with E-state index in [1.54, 1.807) is 19.2 Å². The molecule has 7 rings (SSSR count). The fraction of sp³-hybridized carbons (Fsp3) is 0.557. The number of ether oxygens (including phenoxy) is 2. The molecule has 2 unspecified atom stereocenters. The maximum Gasteiger partial charge on any atom is 0.266 e. The fourth-order valence-corrected chi connectivity index (χ4v) is 12.4. The van der Waals surface area contributed by atoms with E-state index < -0.39 is 194 Å². The highest BCUT2D eigenvalue weighted by molar-refractivity contribution is 8.15. The highest BCUT2D eigenvalue weighted by atomic mass is 32.3. The van der Waals surface area contributed by atoms with Gasteiger partial charge in [-0.05, 0) is 86.8 Å². The molecule has 3 fully saturated rings. The Hall–Kier alpha value is -7.26. The zero-order chi connectivity index (χ0) is 69.3. The van der Waals surface area contributed by atoms with Crippen LogP contribution in [-0.4, -0.2) is 260 Å². The van der Waals surface area contributed by atoms with Crippen LogP contribution in [-0.2, 0) is 39.9 Å². The molecule has 1 aromatic heterocycles. The number of fused-ring (bicyclic) bond motifs is 2. The van der Waals surface area contributed by atoms with Gasteiger partial charge in [0.1, 0.15) is 52.0 Å². The van der Waals surface area contributed by atoms with E-state index in [1.807, 2.05) is 24.3 Å². The van der Waals surface area contributed by atoms with Crippen molar-refractivity contribution in [3.63, 3.8) is 0 Å². The number of carbonyl (C=O) groups is 7. The lowest BCUT2D eigenvalue weighted by Gasteiger charge is -2.34. The van der Waals surface area contributed by atoms with Gasteiger partial charge in [-0.2, -0.15) is 0 Å². The number of aliphatic hydroxyl groups excluding tert-OH is 8. The van der Waals surface area contributed by atoms with Gasteiger partial charge in [-0.15, -0.1) is 10.2 Å². The molecule has 0 saturated carbocycles. The van der Waals surface area contributed by atoms with Gasteiger partial charge in [-0.3, -0.25) is 47.2 Å². The van der Waals surface area contributed by atoms with Gasteiger partial charge >= 0.3 is 0 Å². The summed E-state index contributed by atoms with van der Waals surface area (Å²) in [4.78, 5) is 104. The second-order valence-electron chi connectivity index (χ2n) is 23.8. The first kappa shape index (κ1) is 75.1. The zero-order valence-electron chi connectivity index (χ0n) is 52.5. The van der Waals surface area contributed by atoms with Crippen LogP contribution in [0.15, 0.2) is 66.7 Å². The third kappa shape index (κ3) is 21.1. The monoisotopic (exact) mass is 1370 g/mol. The molecule has 4 aromatic rings. The van der Waals surface area contributed by atoms with E-state index in [9.17, 15) is 93.2 Å². The lowest BCUT2D eigenvalue weighted by molar-refractivity contribution is -0.147. The van der Waals surface area contributed by atoms with Gasteiger partial charge in [0.15, 0.2) is 11.5 Å². The Morgan fingerprint density at radius 3 is 2.00 bits per heavy atom. The molecule has 32 nitrogen and oxygen atoms in total. The molecule has 0 radical (unpaired) electrons. The van der Waals surface area contributed by atoms with Gasteiger partial charge in [0, 0.05) is 81.8 Å². The number of aromatic hydroxyl groups is 1. The van der Waals surface area contributed by atoms with Crippen LogP contribution in [0.2, 0.25) is 0 Å². The van der Waals surface area contributed by atoms with Crippen molar-refractivity contribution in [1.82, 2.24) is 51.9 Å². The molecule has 0 aliphatic carbocycles. The molecule has 3 aliphatic rings. The standard InChI is InChI=1S/C61H86N10O22S2/c1-32-29-71-51(52(32)80)57(85)63-28-38(74)25-42(64-53(81)35-10-12-36(13-11-35)58-68-69-59(94-58)37-14-16-41(17-15-37)92-22-8-6-4-5-7-21-91-3)54(82)65-48(33(2)73)60(86)70-30-39(75)26-43(70)55(83)66-49(46(79)23-34-9-18-44(77)47(24-34)93-95(88,89)90)56(84)67-50(61(71)87)45(78)19-20-62-27-40(76)31-72/h9-18,24,32-33,38-40,42-43,45-46,48-52,62,72-80,88-90H,4-8,19-23,25-31H2,1-3H3,(H,63,85)(H,64,81)(H,65,82)(H,66,83)(H,67,84)/t32-,33+,38+,39+,40?,42?,43-,45+,46+,48-,49-,50-,51-,52-/m0/s1. The number of hydrogen-bond donors (Lipinski definition) is 18. The van der Waals surface area contributed by atoms with Crippen LogP contribution >= 0.6 is 22.5 Å². The average molecular weight is 1380 g/mol. The Bertz CT molecular complexity index is 3220. The number of β-amino-alcohol motifs (C(OH)–C–C–N with tert-alkyl or cyclic N) is 1. The number of rotatable bonds is 26. The van der Waals surface area contributed by atoms with Crippen molar-refractivity contribution in [2.24, 2.45) is 5.92 Å². The summed E-state index contributed by atoms with van der Waals surface area (Å²) in [6.07, 6.45) is -9.07. The first-order chi connectivity index (χ1) is 45.2. The quantitative estimate of drug-likeness (QED) is 0.0313. The second kappa shape index (κ2) is 35.1. The summed E-state index contributed by atoms with van der Waals surface area (Å²) in [5.74, 6) is -9.78. The molecule has 95 heavy (non-hydrogen) atoms. The SMILES string of the molecule is COCCCCCCCOc1ccc(-c2nnc(-c3ccc(C(=O)NC4C[C@@H](O)CNC(=O)[C@@H]5[C@@H](O)[C@@H](C)CN5C(=O)[C@H]([C@H](O)CCNCC(O)CO)NC(=O)[C@H]([C@H](O)Cc5ccc(O)c(OS(O)(O)O)c5)NC(=O)[C@@H]5C[C@@H](O)CN5C(=O)[C@H]([C@@H](C)O)NC4=O)cc3)s2)cc1. The Morgan fingerprint density at radius 2 is 1.36 bits per heavy atom. The number of unbranched alkanes of at least 4 members (excludes halogenated alkanes) is 4. The van der Waals surface area contributed by atoms with Crippen LogP contribution in [0.25, 0.3) is 21.1 Å². The van der Waals surface area contributed by atoms with Crippen molar-refractivity contribution < 1.29 is 107 Å². The van der Waals surface area contributed by atoms with Gasteiger partial charge in [0.2, 0.25) is 35.4 Å². The number of aromatic nitrogens is 2. The molecular weight excluding hydrogens is 1290 g/mol. The number of nitrogens with zero attached hydrogens (tertiary/aromatic N) is 4. The van der Waals surface area contributed by atoms with Gasteiger partial charge in [-0.25, -0.2) is 0 Å². The highest BCUT2D eigenvalue weighted by Crippen LogP contribution is 2.41. The number of methoxy groups -OCH3 is 1. The van der Waals surface area contributed by atoms with E-state index in [-0.39, 0.29) is 30.8 Å². The summed E-state index contributed by atoms with van der Waals surface area (Å²) < 4.78 is 44.4. The van der Waals surface area contributed by atoms with Crippen molar-refractivity contribution in [2.45, 2.75) is 151 Å². The molecule has 4 heterocycles. The maximum atomic E-state index is 14.9.